The van der Waals surface area contributed by atoms with Crippen LogP contribution in [0.1, 0.15) is 30.9 Å². The maximum atomic E-state index is 4.38. The molecule has 0 spiro atoms. The molecule has 0 aliphatic heterocycles. The molecule has 2 rings (SSSR count). The molecule has 2 heterocycles. The van der Waals surface area contributed by atoms with Gasteiger partial charge in [-0.1, -0.05) is 19.9 Å². The Morgan fingerprint density at radius 3 is 2.44 bits per heavy atom. The van der Waals surface area contributed by atoms with E-state index in [0.717, 1.165) is 17.9 Å². The zero-order valence-corrected chi connectivity index (χ0v) is 10.4. The van der Waals surface area contributed by atoms with Gasteiger partial charge in [-0.2, -0.15) is 5.10 Å². The first-order valence-corrected chi connectivity index (χ1v) is 5.66. The molecule has 0 radical (unpaired) electrons. The molecule has 2 aromatic rings. The van der Waals surface area contributed by atoms with Crippen LogP contribution in [0.4, 0.5) is 0 Å². The normalized spacial score (nSPS) is 9.50. The van der Waals surface area contributed by atoms with Crippen LogP contribution in [-0.2, 0) is 6.54 Å². The summed E-state index contributed by atoms with van der Waals surface area (Å²) in [6.07, 6.45) is 1.81. The van der Waals surface area contributed by atoms with Gasteiger partial charge in [-0.3, -0.25) is 9.67 Å². The smallest absolute Gasteiger partial charge is 0.0834 e. The highest BCUT2D eigenvalue weighted by molar-refractivity contribution is 5.10. The van der Waals surface area contributed by atoms with Crippen molar-refractivity contribution in [2.45, 2.75) is 34.2 Å². The second kappa shape index (κ2) is 6.05. The van der Waals surface area contributed by atoms with E-state index in [1.807, 2.05) is 43.7 Å². The molecule has 0 unspecified atom stereocenters. The van der Waals surface area contributed by atoms with Gasteiger partial charge in [0.05, 0.1) is 17.9 Å². The zero-order chi connectivity index (χ0) is 12.0. The third kappa shape index (κ3) is 3.19. The van der Waals surface area contributed by atoms with Crippen molar-refractivity contribution in [1.29, 1.82) is 0 Å². The van der Waals surface area contributed by atoms with Crippen LogP contribution in [0.15, 0.2) is 30.5 Å². The summed E-state index contributed by atoms with van der Waals surface area (Å²) in [5.74, 6) is 0. The summed E-state index contributed by atoms with van der Waals surface area (Å²) in [5.41, 5.74) is 3.27. The first kappa shape index (κ1) is 12.4. The fourth-order valence-electron chi connectivity index (χ4n) is 1.48. The van der Waals surface area contributed by atoms with Crippen LogP contribution in [0.3, 0.4) is 0 Å². The number of nitrogens with zero attached hydrogens (tertiary/aromatic N) is 3. The topological polar surface area (TPSA) is 30.7 Å². The van der Waals surface area contributed by atoms with Crippen molar-refractivity contribution in [1.82, 2.24) is 14.8 Å². The van der Waals surface area contributed by atoms with E-state index >= 15 is 0 Å². The Morgan fingerprint density at radius 2 is 1.94 bits per heavy atom. The molecular weight excluding hydrogens is 198 g/mol. The molecule has 0 fully saturated rings. The summed E-state index contributed by atoms with van der Waals surface area (Å²) in [6.45, 7) is 8.81. The number of rotatable bonds is 2. The van der Waals surface area contributed by atoms with Gasteiger partial charge in [0.2, 0.25) is 0 Å². The van der Waals surface area contributed by atoms with Gasteiger partial charge < -0.3 is 0 Å². The van der Waals surface area contributed by atoms with Crippen LogP contribution in [0.25, 0.3) is 0 Å². The maximum Gasteiger partial charge on any atom is 0.0834 e. The van der Waals surface area contributed by atoms with E-state index in [0.29, 0.717) is 0 Å². The van der Waals surface area contributed by atoms with E-state index in [2.05, 4.69) is 23.1 Å². The SMILES string of the molecule is CC.Cc1cc(C)n(Cc2ccccn2)n1. The molecule has 0 aromatic carbocycles. The Bertz CT molecular complexity index is 418. The molecule has 16 heavy (non-hydrogen) atoms. The van der Waals surface area contributed by atoms with Gasteiger partial charge in [0.15, 0.2) is 0 Å². The van der Waals surface area contributed by atoms with Crippen LogP contribution in [0.5, 0.6) is 0 Å². The summed E-state index contributed by atoms with van der Waals surface area (Å²) >= 11 is 0. The van der Waals surface area contributed by atoms with Gasteiger partial charge in [-0.15, -0.1) is 0 Å². The summed E-state index contributed by atoms with van der Waals surface area (Å²) in [6, 6.07) is 8.00. The van der Waals surface area contributed by atoms with Crippen molar-refractivity contribution in [3.63, 3.8) is 0 Å². The van der Waals surface area contributed by atoms with Crippen LogP contribution >= 0.6 is 0 Å². The fraction of sp³-hybridized carbons (Fsp3) is 0.385. The fourth-order valence-corrected chi connectivity index (χ4v) is 1.48. The van der Waals surface area contributed by atoms with Gasteiger partial charge in [0.25, 0.3) is 0 Å². The minimum Gasteiger partial charge on any atom is -0.264 e. The van der Waals surface area contributed by atoms with Crippen molar-refractivity contribution in [3.8, 4) is 0 Å². The minimum atomic E-state index is 0.751. The monoisotopic (exact) mass is 217 g/mol. The Kier molecular flexibility index (Phi) is 4.70. The second-order valence-electron chi connectivity index (χ2n) is 3.41. The predicted octanol–water partition coefficient (Wildman–Crippen LogP) is 2.97. The molecule has 0 saturated heterocycles. The lowest BCUT2D eigenvalue weighted by Gasteiger charge is -2.02. The Hall–Kier alpha value is -1.64. The quantitative estimate of drug-likeness (QED) is 0.774. The Morgan fingerprint density at radius 1 is 1.19 bits per heavy atom. The average molecular weight is 217 g/mol. The van der Waals surface area contributed by atoms with Gasteiger partial charge in [0, 0.05) is 11.9 Å². The highest BCUT2D eigenvalue weighted by Gasteiger charge is 2.01. The second-order valence-corrected chi connectivity index (χ2v) is 3.41. The van der Waals surface area contributed by atoms with Crippen LogP contribution in [-0.4, -0.2) is 14.8 Å². The number of pyridine rings is 1. The van der Waals surface area contributed by atoms with E-state index in [4.69, 9.17) is 0 Å². The summed E-state index contributed by atoms with van der Waals surface area (Å²) < 4.78 is 1.97. The average Bonchev–Trinajstić information content (AvgIpc) is 2.62. The summed E-state index contributed by atoms with van der Waals surface area (Å²) in [7, 11) is 0. The molecule has 0 saturated carbocycles. The van der Waals surface area contributed by atoms with E-state index in [-0.39, 0.29) is 0 Å². The molecule has 3 heteroatoms. The molecule has 3 nitrogen and oxygen atoms in total. The van der Waals surface area contributed by atoms with E-state index in [1.165, 1.54) is 5.69 Å². The molecule has 86 valence electrons. The molecule has 0 atom stereocenters. The van der Waals surface area contributed by atoms with Crippen molar-refractivity contribution >= 4 is 0 Å². The van der Waals surface area contributed by atoms with E-state index in [9.17, 15) is 0 Å². The molecule has 0 aliphatic carbocycles. The predicted molar refractivity (Wildman–Crippen MR) is 66.4 cm³/mol. The number of aromatic nitrogens is 3. The molecule has 0 aliphatic rings. The lowest BCUT2D eigenvalue weighted by molar-refractivity contribution is 0.647. The number of hydrogen-bond donors (Lipinski definition) is 0. The third-order valence-corrected chi connectivity index (χ3v) is 2.14. The highest BCUT2D eigenvalue weighted by atomic mass is 15.3. The standard InChI is InChI=1S/C11H13N3.C2H6/c1-9-7-10(2)14(13-9)8-11-5-3-4-6-12-11;1-2/h3-7H,8H2,1-2H3;1-2H3. The van der Waals surface area contributed by atoms with Crippen molar-refractivity contribution in [3.05, 3.63) is 47.5 Å². The molecular formula is C13H19N3. The number of hydrogen-bond acceptors (Lipinski definition) is 2. The minimum absolute atomic E-state index is 0.751. The lowest BCUT2D eigenvalue weighted by atomic mass is 10.3. The van der Waals surface area contributed by atoms with E-state index < -0.39 is 0 Å². The Labute approximate surface area is 97.1 Å². The molecule has 0 N–H and O–H groups in total. The van der Waals surface area contributed by atoms with Gasteiger partial charge >= 0.3 is 0 Å². The van der Waals surface area contributed by atoms with Crippen molar-refractivity contribution in [2.24, 2.45) is 0 Å². The highest BCUT2D eigenvalue weighted by Crippen LogP contribution is 2.04. The molecule has 2 aromatic heterocycles. The van der Waals surface area contributed by atoms with Crippen LogP contribution < -0.4 is 0 Å². The molecule has 0 amide bonds. The van der Waals surface area contributed by atoms with Crippen LogP contribution in [0.2, 0.25) is 0 Å². The zero-order valence-electron chi connectivity index (χ0n) is 10.4. The van der Waals surface area contributed by atoms with Crippen molar-refractivity contribution < 1.29 is 0 Å². The lowest BCUT2D eigenvalue weighted by Crippen LogP contribution is -2.05. The van der Waals surface area contributed by atoms with E-state index in [1.54, 1.807) is 6.20 Å². The molecule has 0 bridgehead atoms. The Balaban J connectivity index is 0.000000606. The third-order valence-electron chi connectivity index (χ3n) is 2.14. The van der Waals surface area contributed by atoms with Crippen LogP contribution in [0, 0.1) is 13.8 Å². The summed E-state index contributed by atoms with van der Waals surface area (Å²) in [4.78, 5) is 4.26. The largest absolute Gasteiger partial charge is 0.264 e. The maximum absolute atomic E-state index is 4.38. The first-order chi connectivity index (χ1) is 7.75. The van der Waals surface area contributed by atoms with Gasteiger partial charge in [-0.25, -0.2) is 0 Å². The first-order valence-electron chi connectivity index (χ1n) is 5.66. The van der Waals surface area contributed by atoms with Gasteiger partial charge in [0.1, 0.15) is 0 Å². The number of aryl methyl sites for hydroxylation is 2. The summed E-state index contributed by atoms with van der Waals surface area (Å²) in [5, 5.41) is 4.38. The van der Waals surface area contributed by atoms with Gasteiger partial charge in [-0.05, 0) is 32.0 Å². The van der Waals surface area contributed by atoms with Crippen molar-refractivity contribution in [2.75, 3.05) is 0 Å².